The smallest absolute Gasteiger partial charge is 0.282 e. The zero-order chi connectivity index (χ0) is 22.8. The first kappa shape index (κ1) is 20.8. The number of benzene rings is 3. The summed E-state index contributed by atoms with van der Waals surface area (Å²) in [5.41, 5.74) is 2.37. The second-order valence-corrected chi connectivity index (χ2v) is 7.14. The molecule has 0 fully saturated rings. The predicted octanol–water partition coefficient (Wildman–Crippen LogP) is 4.31. The summed E-state index contributed by atoms with van der Waals surface area (Å²) in [4.78, 5) is 38.5. The molecule has 160 valence electrons. The maximum Gasteiger partial charge on any atom is 0.282 e. The lowest BCUT2D eigenvalue weighted by atomic mass is 10.0. The third-order valence-corrected chi connectivity index (χ3v) is 5.17. The summed E-state index contributed by atoms with van der Waals surface area (Å²) >= 11 is 0. The molecule has 4 rings (SSSR count). The average molecular weight is 429 g/mol. The third-order valence-electron chi connectivity index (χ3n) is 5.17. The fourth-order valence-corrected chi connectivity index (χ4v) is 3.52. The molecule has 0 saturated carbocycles. The van der Waals surface area contributed by atoms with Crippen LogP contribution in [-0.2, 0) is 9.59 Å². The molecule has 32 heavy (non-hydrogen) atoms. The number of rotatable bonds is 6. The van der Waals surface area contributed by atoms with Gasteiger partial charge in [-0.05, 0) is 60.5 Å². The number of non-ortho nitro benzene ring substituents is 1. The van der Waals surface area contributed by atoms with E-state index in [1.165, 1.54) is 24.3 Å². The number of nitro benzene ring substituents is 1. The molecule has 1 aliphatic heterocycles. The second kappa shape index (κ2) is 8.35. The molecule has 2 amide bonds. The molecule has 0 unspecified atom stereocenters. The van der Waals surface area contributed by atoms with Gasteiger partial charge in [0.25, 0.3) is 17.5 Å². The van der Waals surface area contributed by atoms with Crippen LogP contribution >= 0.6 is 0 Å². The van der Waals surface area contributed by atoms with Crippen molar-refractivity contribution in [3.63, 3.8) is 0 Å². The van der Waals surface area contributed by atoms with Gasteiger partial charge in [0.1, 0.15) is 11.4 Å². The van der Waals surface area contributed by atoms with Crippen LogP contribution in [0.2, 0.25) is 0 Å². The van der Waals surface area contributed by atoms with Crippen LogP contribution in [0, 0.1) is 17.0 Å². The highest BCUT2D eigenvalue weighted by atomic mass is 16.6. The zero-order valence-electron chi connectivity index (χ0n) is 17.4. The largest absolute Gasteiger partial charge is 0.497 e. The number of carbonyl (C=O) groups excluding carboxylic acids is 2. The normalized spacial score (nSPS) is 13.5. The fourth-order valence-electron chi connectivity index (χ4n) is 3.52. The van der Waals surface area contributed by atoms with Crippen LogP contribution in [0.4, 0.5) is 17.1 Å². The van der Waals surface area contributed by atoms with Crippen LogP contribution in [0.15, 0.2) is 78.5 Å². The maximum atomic E-state index is 13.4. The standard InChI is InChI=1S/C24H19N3O5/c1-15-5-3-4-6-20(15)26-23(28)21(16-7-11-18(12-8-16)27(30)31)22(24(26)29)25-17-9-13-19(32-2)14-10-17/h3-14,25H,1-2H3. The molecule has 0 bridgehead atoms. The van der Waals surface area contributed by atoms with E-state index >= 15 is 0 Å². The van der Waals surface area contributed by atoms with E-state index in [4.69, 9.17) is 4.74 Å². The summed E-state index contributed by atoms with van der Waals surface area (Å²) in [6.07, 6.45) is 0. The maximum absolute atomic E-state index is 13.4. The van der Waals surface area contributed by atoms with E-state index in [0.717, 1.165) is 10.5 Å². The van der Waals surface area contributed by atoms with E-state index in [0.29, 0.717) is 22.7 Å². The number of para-hydroxylation sites is 1. The molecule has 0 aliphatic carbocycles. The summed E-state index contributed by atoms with van der Waals surface area (Å²) in [5.74, 6) is -0.363. The Bertz CT molecular complexity index is 1250. The molecule has 1 aliphatic rings. The van der Waals surface area contributed by atoms with Crippen LogP contribution in [-0.4, -0.2) is 23.8 Å². The van der Waals surface area contributed by atoms with E-state index in [-0.39, 0.29) is 17.0 Å². The minimum absolute atomic E-state index is 0.0947. The zero-order valence-corrected chi connectivity index (χ0v) is 17.4. The molecule has 0 saturated heterocycles. The number of amides is 2. The highest BCUT2D eigenvalue weighted by molar-refractivity contribution is 6.46. The number of nitrogens with one attached hydrogen (secondary N) is 1. The van der Waals surface area contributed by atoms with Crippen molar-refractivity contribution < 1.29 is 19.2 Å². The lowest BCUT2D eigenvalue weighted by Gasteiger charge is -2.17. The Hall–Kier alpha value is -4.46. The molecule has 3 aromatic carbocycles. The summed E-state index contributed by atoms with van der Waals surface area (Å²) in [5, 5.41) is 14.1. The van der Waals surface area contributed by atoms with Crippen LogP contribution in [0.3, 0.4) is 0 Å². The van der Waals surface area contributed by atoms with Crippen molar-refractivity contribution in [2.75, 3.05) is 17.3 Å². The lowest BCUT2D eigenvalue weighted by molar-refractivity contribution is -0.384. The van der Waals surface area contributed by atoms with Gasteiger partial charge in [0.2, 0.25) is 0 Å². The molecule has 0 radical (unpaired) electrons. The van der Waals surface area contributed by atoms with Crippen molar-refractivity contribution >= 4 is 34.4 Å². The highest BCUT2D eigenvalue weighted by Crippen LogP contribution is 2.35. The first-order chi connectivity index (χ1) is 15.4. The summed E-state index contributed by atoms with van der Waals surface area (Å²) in [6, 6.07) is 19.6. The molecule has 0 atom stereocenters. The lowest BCUT2D eigenvalue weighted by Crippen LogP contribution is -2.33. The van der Waals surface area contributed by atoms with Gasteiger partial charge in [-0.3, -0.25) is 19.7 Å². The monoisotopic (exact) mass is 429 g/mol. The molecule has 8 heteroatoms. The number of aryl methyl sites for hydroxylation is 1. The van der Waals surface area contributed by atoms with Crippen molar-refractivity contribution in [1.82, 2.24) is 0 Å². The Kier molecular flexibility index (Phi) is 5.43. The van der Waals surface area contributed by atoms with E-state index < -0.39 is 16.7 Å². The number of ether oxygens (including phenoxy) is 1. The van der Waals surface area contributed by atoms with Crippen LogP contribution in [0.1, 0.15) is 11.1 Å². The number of nitrogens with zero attached hydrogens (tertiary/aromatic N) is 2. The molecular weight excluding hydrogens is 410 g/mol. The Morgan fingerprint density at radius 1 is 0.906 bits per heavy atom. The minimum atomic E-state index is -0.518. The number of carbonyl (C=O) groups is 2. The second-order valence-electron chi connectivity index (χ2n) is 7.14. The quantitative estimate of drug-likeness (QED) is 0.356. The van der Waals surface area contributed by atoms with Gasteiger partial charge in [-0.1, -0.05) is 18.2 Å². The number of nitro groups is 1. The average Bonchev–Trinajstić information content (AvgIpc) is 3.04. The Morgan fingerprint density at radius 2 is 1.56 bits per heavy atom. The topological polar surface area (TPSA) is 102 Å². The summed E-state index contributed by atoms with van der Waals surface area (Å²) in [6.45, 7) is 1.82. The van der Waals surface area contributed by atoms with Gasteiger partial charge in [0.05, 0.1) is 23.3 Å². The minimum Gasteiger partial charge on any atom is -0.497 e. The molecule has 8 nitrogen and oxygen atoms in total. The molecule has 0 aromatic heterocycles. The first-order valence-corrected chi connectivity index (χ1v) is 9.75. The Balaban J connectivity index is 1.81. The van der Waals surface area contributed by atoms with Gasteiger partial charge in [-0.25, -0.2) is 4.90 Å². The fraction of sp³-hybridized carbons (Fsp3) is 0.0833. The van der Waals surface area contributed by atoms with E-state index in [1.54, 1.807) is 43.5 Å². The predicted molar refractivity (Wildman–Crippen MR) is 120 cm³/mol. The van der Waals surface area contributed by atoms with Crippen LogP contribution < -0.4 is 15.0 Å². The number of imide groups is 1. The van der Waals surface area contributed by atoms with E-state index in [2.05, 4.69) is 5.32 Å². The van der Waals surface area contributed by atoms with E-state index in [1.807, 2.05) is 19.1 Å². The van der Waals surface area contributed by atoms with Gasteiger partial charge >= 0.3 is 0 Å². The summed E-state index contributed by atoms with van der Waals surface area (Å²) in [7, 11) is 1.55. The van der Waals surface area contributed by atoms with Crippen molar-refractivity contribution in [2.24, 2.45) is 0 Å². The summed E-state index contributed by atoms with van der Waals surface area (Å²) < 4.78 is 5.16. The van der Waals surface area contributed by atoms with Gasteiger partial charge in [-0.2, -0.15) is 0 Å². The number of hydrogen-bond acceptors (Lipinski definition) is 6. The van der Waals surface area contributed by atoms with Crippen molar-refractivity contribution in [3.05, 3.63) is 99.7 Å². The van der Waals surface area contributed by atoms with Crippen LogP contribution in [0.25, 0.3) is 5.57 Å². The van der Waals surface area contributed by atoms with Crippen molar-refractivity contribution in [1.29, 1.82) is 0 Å². The van der Waals surface area contributed by atoms with Gasteiger partial charge in [0, 0.05) is 17.8 Å². The van der Waals surface area contributed by atoms with Crippen LogP contribution in [0.5, 0.6) is 5.75 Å². The van der Waals surface area contributed by atoms with E-state index in [9.17, 15) is 19.7 Å². The number of methoxy groups -OCH3 is 1. The van der Waals surface area contributed by atoms with Crippen molar-refractivity contribution in [3.8, 4) is 5.75 Å². The molecule has 0 spiro atoms. The number of anilines is 2. The molecule has 1 N–H and O–H groups in total. The Labute approximate surface area is 183 Å². The van der Waals surface area contributed by atoms with Crippen molar-refractivity contribution in [2.45, 2.75) is 6.92 Å². The first-order valence-electron chi connectivity index (χ1n) is 9.75. The van der Waals surface area contributed by atoms with Gasteiger partial charge in [0.15, 0.2) is 0 Å². The number of hydrogen-bond donors (Lipinski definition) is 1. The van der Waals surface area contributed by atoms with Gasteiger partial charge in [-0.15, -0.1) is 0 Å². The third kappa shape index (κ3) is 3.69. The molecule has 3 aromatic rings. The highest BCUT2D eigenvalue weighted by Gasteiger charge is 2.40. The molecule has 1 heterocycles. The molecular formula is C24H19N3O5. The SMILES string of the molecule is COc1ccc(NC2=C(c3ccc([N+](=O)[O-])cc3)C(=O)N(c3ccccc3C)C2=O)cc1. The van der Waals surface area contributed by atoms with Gasteiger partial charge < -0.3 is 10.1 Å². The Morgan fingerprint density at radius 3 is 2.16 bits per heavy atom.